The fourth-order valence-electron chi connectivity index (χ4n) is 2.80. The van der Waals surface area contributed by atoms with Crippen LogP contribution < -0.4 is 10.1 Å². The summed E-state index contributed by atoms with van der Waals surface area (Å²) in [4.78, 5) is 28.0. The normalized spacial score (nSPS) is 16.1. The maximum absolute atomic E-state index is 12.2. The molecule has 3 aromatic rings. The van der Waals surface area contributed by atoms with Crippen LogP contribution in [0.25, 0.3) is 17.4 Å². The molecule has 1 saturated heterocycles. The summed E-state index contributed by atoms with van der Waals surface area (Å²) in [5.41, 5.74) is 0.919. The predicted octanol–water partition coefficient (Wildman–Crippen LogP) is 4.76. The Labute approximate surface area is 175 Å². The Bertz CT molecular complexity index is 1180. The van der Waals surface area contributed by atoms with Crippen LogP contribution in [0.15, 0.2) is 75.0 Å². The zero-order valence-electron chi connectivity index (χ0n) is 15.7. The molecular formula is C21H15N3O5S. The summed E-state index contributed by atoms with van der Waals surface area (Å²) in [6.07, 6.45) is 1.58. The molecule has 0 spiro atoms. The van der Waals surface area contributed by atoms with Crippen molar-refractivity contribution in [2.75, 3.05) is 7.11 Å². The van der Waals surface area contributed by atoms with Crippen LogP contribution in [-0.4, -0.2) is 23.1 Å². The molecule has 30 heavy (non-hydrogen) atoms. The van der Waals surface area contributed by atoms with Crippen LogP contribution >= 0.6 is 11.8 Å². The van der Waals surface area contributed by atoms with Gasteiger partial charge in [0.25, 0.3) is 11.6 Å². The van der Waals surface area contributed by atoms with Gasteiger partial charge >= 0.3 is 0 Å². The number of nitro groups is 1. The number of amides is 1. The van der Waals surface area contributed by atoms with Gasteiger partial charge in [0, 0.05) is 6.08 Å². The lowest BCUT2D eigenvalue weighted by molar-refractivity contribution is -0.384. The maximum Gasteiger partial charge on any atom is 0.284 e. The average molecular weight is 421 g/mol. The molecule has 1 N–H and O–H groups in total. The van der Waals surface area contributed by atoms with Gasteiger partial charge in [0.1, 0.15) is 17.3 Å². The Morgan fingerprint density at radius 3 is 2.70 bits per heavy atom. The van der Waals surface area contributed by atoms with Crippen molar-refractivity contribution < 1.29 is 18.9 Å². The molecule has 1 aromatic heterocycles. The summed E-state index contributed by atoms with van der Waals surface area (Å²) in [6.45, 7) is 0. The van der Waals surface area contributed by atoms with Crippen molar-refractivity contribution in [2.24, 2.45) is 4.99 Å². The molecule has 4 rings (SSSR count). The number of methoxy groups -OCH3 is 1. The quantitative estimate of drug-likeness (QED) is 0.362. The molecule has 8 nitrogen and oxygen atoms in total. The minimum absolute atomic E-state index is 0.131. The van der Waals surface area contributed by atoms with Crippen molar-refractivity contribution in [3.63, 3.8) is 0 Å². The Morgan fingerprint density at radius 1 is 1.17 bits per heavy atom. The van der Waals surface area contributed by atoms with Gasteiger partial charge in [0.2, 0.25) is 0 Å². The van der Waals surface area contributed by atoms with Gasteiger partial charge in [-0.15, -0.1) is 0 Å². The molecule has 2 heterocycles. The molecule has 1 fully saturated rings. The topological polar surface area (TPSA) is 107 Å². The first-order chi connectivity index (χ1) is 14.5. The van der Waals surface area contributed by atoms with Crippen LogP contribution in [-0.2, 0) is 4.79 Å². The smallest absolute Gasteiger partial charge is 0.284 e. The van der Waals surface area contributed by atoms with Crippen molar-refractivity contribution in [3.05, 3.63) is 81.4 Å². The second-order valence-corrected chi connectivity index (χ2v) is 7.19. The van der Waals surface area contributed by atoms with Crippen LogP contribution in [0.5, 0.6) is 5.75 Å². The number of nitrogens with one attached hydrogen (secondary N) is 1. The molecule has 0 aliphatic carbocycles. The van der Waals surface area contributed by atoms with Crippen molar-refractivity contribution in [1.82, 2.24) is 5.32 Å². The van der Waals surface area contributed by atoms with Crippen LogP contribution in [0.2, 0.25) is 0 Å². The standard InChI is InChI=1S/C21H15N3O5S/c1-28-14-7-9-16(17(11-14)24(26)27)18-10-8-15(29-18)12-19-20(25)23-21(30-19)22-13-5-3-2-4-6-13/h2-12H,1H3,(H,22,23,25)/b19-12-. The number of hydrogen-bond donors (Lipinski definition) is 1. The number of thioether (sulfide) groups is 1. The first-order valence-electron chi connectivity index (χ1n) is 8.81. The van der Waals surface area contributed by atoms with Gasteiger partial charge in [-0.05, 0) is 48.2 Å². The highest BCUT2D eigenvalue weighted by Crippen LogP contribution is 2.35. The van der Waals surface area contributed by atoms with Gasteiger partial charge in [0.15, 0.2) is 5.17 Å². The summed E-state index contributed by atoms with van der Waals surface area (Å²) in [5, 5.41) is 14.6. The Kier molecular flexibility index (Phi) is 5.36. The Balaban J connectivity index is 1.59. The summed E-state index contributed by atoms with van der Waals surface area (Å²) >= 11 is 1.19. The van der Waals surface area contributed by atoms with Gasteiger partial charge in [0.05, 0.1) is 34.3 Å². The lowest BCUT2D eigenvalue weighted by Gasteiger charge is -2.03. The minimum atomic E-state index is -0.495. The highest BCUT2D eigenvalue weighted by atomic mass is 32.2. The van der Waals surface area contributed by atoms with Crippen molar-refractivity contribution in [3.8, 4) is 17.1 Å². The number of aliphatic imine (C=N–C) groups is 1. The Hall–Kier alpha value is -3.85. The molecular weight excluding hydrogens is 406 g/mol. The molecule has 0 radical (unpaired) electrons. The van der Waals surface area contributed by atoms with Gasteiger partial charge in [-0.25, -0.2) is 4.99 Å². The number of nitrogens with zero attached hydrogens (tertiary/aromatic N) is 2. The summed E-state index contributed by atoms with van der Waals surface area (Å²) in [7, 11) is 1.44. The van der Waals surface area contributed by atoms with Crippen molar-refractivity contribution >= 4 is 40.3 Å². The number of hydrogen-bond acceptors (Lipinski definition) is 7. The van der Waals surface area contributed by atoms with Gasteiger partial charge in [-0.2, -0.15) is 0 Å². The fraction of sp³-hybridized carbons (Fsp3) is 0.0476. The lowest BCUT2D eigenvalue weighted by atomic mass is 10.1. The molecule has 1 amide bonds. The number of para-hydroxylation sites is 1. The van der Waals surface area contributed by atoms with E-state index in [9.17, 15) is 14.9 Å². The van der Waals surface area contributed by atoms with Crippen LogP contribution in [0.4, 0.5) is 11.4 Å². The second-order valence-electron chi connectivity index (χ2n) is 6.16. The summed E-state index contributed by atoms with van der Waals surface area (Å²) in [6, 6.07) is 17.1. The number of rotatable bonds is 5. The molecule has 0 atom stereocenters. The van der Waals surface area contributed by atoms with Crippen LogP contribution in [0.1, 0.15) is 5.76 Å². The van der Waals surface area contributed by atoms with E-state index < -0.39 is 4.92 Å². The molecule has 0 bridgehead atoms. The second kappa shape index (κ2) is 8.26. The van der Waals surface area contributed by atoms with E-state index in [1.165, 1.54) is 24.9 Å². The number of carbonyl (C=O) groups excluding carboxylic acids is 1. The van der Waals surface area contributed by atoms with E-state index in [4.69, 9.17) is 9.15 Å². The van der Waals surface area contributed by atoms with Crippen molar-refractivity contribution in [2.45, 2.75) is 0 Å². The van der Waals surface area contributed by atoms with E-state index in [0.29, 0.717) is 32.9 Å². The number of furan rings is 1. The highest BCUT2D eigenvalue weighted by Gasteiger charge is 2.25. The molecule has 150 valence electrons. The largest absolute Gasteiger partial charge is 0.497 e. The van der Waals surface area contributed by atoms with E-state index in [1.807, 2.05) is 30.3 Å². The number of benzene rings is 2. The van der Waals surface area contributed by atoms with E-state index in [2.05, 4.69) is 10.3 Å². The maximum atomic E-state index is 12.2. The molecule has 0 saturated carbocycles. The van der Waals surface area contributed by atoms with E-state index in [-0.39, 0.29) is 11.6 Å². The third-order valence-corrected chi connectivity index (χ3v) is 5.11. The lowest BCUT2D eigenvalue weighted by Crippen LogP contribution is -2.19. The minimum Gasteiger partial charge on any atom is -0.497 e. The van der Waals surface area contributed by atoms with Gasteiger partial charge in [-0.3, -0.25) is 14.9 Å². The number of amidine groups is 1. The Morgan fingerprint density at radius 2 is 1.97 bits per heavy atom. The number of carbonyl (C=O) groups is 1. The van der Waals surface area contributed by atoms with Crippen LogP contribution in [0.3, 0.4) is 0 Å². The molecule has 1 aliphatic heterocycles. The zero-order chi connectivity index (χ0) is 21.1. The van der Waals surface area contributed by atoms with Gasteiger partial charge < -0.3 is 14.5 Å². The van der Waals surface area contributed by atoms with E-state index in [0.717, 1.165) is 5.69 Å². The van der Waals surface area contributed by atoms with E-state index >= 15 is 0 Å². The summed E-state index contributed by atoms with van der Waals surface area (Å²) < 4.78 is 10.8. The summed E-state index contributed by atoms with van der Waals surface area (Å²) in [5.74, 6) is 0.804. The molecule has 0 unspecified atom stereocenters. The molecule has 2 aromatic carbocycles. The van der Waals surface area contributed by atoms with Crippen LogP contribution in [0, 0.1) is 10.1 Å². The monoisotopic (exact) mass is 421 g/mol. The number of nitro benzene ring substituents is 1. The highest BCUT2D eigenvalue weighted by molar-refractivity contribution is 8.18. The van der Waals surface area contributed by atoms with E-state index in [1.54, 1.807) is 30.3 Å². The van der Waals surface area contributed by atoms with Gasteiger partial charge in [-0.1, -0.05) is 18.2 Å². The molecule has 9 heteroatoms. The first kappa shape index (κ1) is 19.5. The van der Waals surface area contributed by atoms with Crippen molar-refractivity contribution in [1.29, 1.82) is 0 Å². The third kappa shape index (κ3) is 4.11. The average Bonchev–Trinajstić information content (AvgIpc) is 3.35. The first-order valence-corrected chi connectivity index (χ1v) is 9.62. The fourth-order valence-corrected chi connectivity index (χ4v) is 3.62. The molecule has 1 aliphatic rings. The predicted molar refractivity (Wildman–Crippen MR) is 115 cm³/mol. The SMILES string of the molecule is COc1ccc(-c2ccc(/C=C3\SC(=Nc4ccccc4)NC3=O)o2)c([N+](=O)[O-])c1. The number of ether oxygens (including phenoxy) is 1. The third-order valence-electron chi connectivity index (χ3n) is 4.20. The zero-order valence-corrected chi connectivity index (χ0v) is 16.5.